The first-order valence-electron chi connectivity index (χ1n) is 14.3. The summed E-state index contributed by atoms with van der Waals surface area (Å²) in [7, 11) is 0. The van der Waals surface area contributed by atoms with Crippen molar-refractivity contribution in [1.82, 2.24) is 0 Å². The summed E-state index contributed by atoms with van der Waals surface area (Å²) < 4.78 is 0. The first-order chi connectivity index (χ1) is 19.2. The van der Waals surface area contributed by atoms with Gasteiger partial charge in [0.05, 0.1) is 5.69 Å². The van der Waals surface area contributed by atoms with E-state index in [0.29, 0.717) is 5.41 Å². The third-order valence-electron chi connectivity index (χ3n) is 8.80. The van der Waals surface area contributed by atoms with Gasteiger partial charge in [0.2, 0.25) is 0 Å². The summed E-state index contributed by atoms with van der Waals surface area (Å²) in [5.41, 5.74) is 6.16. The molecule has 1 nitrogen and oxygen atoms in total. The molecule has 0 atom stereocenters. The van der Waals surface area contributed by atoms with Crippen molar-refractivity contribution in [3.05, 3.63) is 135 Å². The van der Waals surface area contributed by atoms with Gasteiger partial charge in [0.25, 0.3) is 0 Å². The molecule has 3 aliphatic rings. The Kier molecular flexibility index (Phi) is 7.48. The molecule has 0 N–H and O–H groups in total. The number of fused-ring (bicyclic) bond motifs is 5. The van der Waals surface area contributed by atoms with Crippen LogP contribution in [-0.4, -0.2) is 5.75 Å². The largest absolute Gasteiger partial charge is 0.316 e. The topological polar surface area (TPSA) is 3.24 Å². The summed E-state index contributed by atoms with van der Waals surface area (Å²) in [5.74, 6) is 1.03. The Bertz CT molecular complexity index is 1710. The van der Waals surface area contributed by atoms with E-state index in [1.807, 2.05) is 17.8 Å². The van der Waals surface area contributed by atoms with Crippen molar-refractivity contribution in [1.29, 1.82) is 0 Å². The van der Waals surface area contributed by atoms with E-state index in [9.17, 15) is 0 Å². The lowest BCUT2D eigenvalue weighted by Crippen LogP contribution is -2.31. The van der Waals surface area contributed by atoms with Crippen LogP contribution in [-0.2, 0) is 12.8 Å². The molecule has 0 amide bonds. The van der Waals surface area contributed by atoms with Gasteiger partial charge in [0.15, 0.2) is 0 Å². The van der Waals surface area contributed by atoms with E-state index in [1.165, 1.54) is 62.8 Å². The van der Waals surface area contributed by atoms with E-state index in [-0.39, 0.29) is 0 Å². The smallest absolute Gasteiger partial charge is 0.0591 e. The summed E-state index contributed by atoms with van der Waals surface area (Å²) in [6.45, 7) is 4.72. The fourth-order valence-electron chi connectivity index (χ4n) is 6.25. The van der Waals surface area contributed by atoms with Crippen LogP contribution in [0.5, 0.6) is 0 Å². The second kappa shape index (κ2) is 11.3. The summed E-state index contributed by atoms with van der Waals surface area (Å²) in [5, 5.41) is 5.76. The Labute approximate surface area is 236 Å². The van der Waals surface area contributed by atoms with E-state index in [1.54, 1.807) is 11.1 Å². The zero-order valence-electron chi connectivity index (χ0n) is 23.1. The van der Waals surface area contributed by atoms with E-state index in [0.717, 1.165) is 12.2 Å². The minimum absolute atomic E-state index is 0.485. The minimum Gasteiger partial charge on any atom is -0.316 e. The van der Waals surface area contributed by atoms with Gasteiger partial charge in [-0.1, -0.05) is 98.8 Å². The maximum atomic E-state index is 2.49. The van der Waals surface area contributed by atoms with Gasteiger partial charge in [-0.25, -0.2) is 0 Å². The average molecular weight is 528 g/mol. The predicted octanol–water partition coefficient (Wildman–Crippen LogP) is 8.29. The molecule has 0 radical (unpaired) electrons. The van der Waals surface area contributed by atoms with Crippen molar-refractivity contribution in [2.75, 3.05) is 10.7 Å². The molecule has 0 saturated carbocycles. The highest BCUT2D eigenvalue weighted by molar-refractivity contribution is 7.99. The Balaban J connectivity index is 0.000000147. The summed E-state index contributed by atoms with van der Waals surface area (Å²) in [4.78, 5) is 3.58. The van der Waals surface area contributed by atoms with Crippen molar-refractivity contribution in [3.63, 3.8) is 0 Å². The summed E-state index contributed by atoms with van der Waals surface area (Å²) >= 11 is 1.88. The monoisotopic (exact) mass is 527 g/mol. The molecule has 7 rings (SSSR count). The van der Waals surface area contributed by atoms with Crippen LogP contribution < -0.4 is 15.3 Å². The van der Waals surface area contributed by atoms with Gasteiger partial charge in [-0.05, 0) is 93.8 Å². The maximum absolute atomic E-state index is 2.49. The van der Waals surface area contributed by atoms with Gasteiger partial charge >= 0.3 is 0 Å². The van der Waals surface area contributed by atoms with E-state index in [4.69, 9.17) is 0 Å². The zero-order valence-corrected chi connectivity index (χ0v) is 23.9. The van der Waals surface area contributed by atoms with Gasteiger partial charge in [0.1, 0.15) is 0 Å². The Morgan fingerprint density at radius 1 is 0.718 bits per heavy atom. The van der Waals surface area contributed by atoms with Gasteiger partial charge in [-0.15, -0.1) is 11.8 Å². The molecule has 0 unspecified atom stereocenters. The minimum atomic E-state index is 0.485. The molecule has 4 aromatic rings. The second-order valence-corrected chi connectivity index (χ2v) is 11.9. The fourth-order valence-corrected chi connectivity index (χ4v) is 7.10. The lowest BCUT2D eigenvalue weighted by Gasteiger charge is -2.35. The number of thioether (sulfide) groups is 1. The second-order valence-electron chi connectivity index (χ2n) is 10.8. The third-order valence-corrected chi connectivity index (χ3v) is 9.82. The van der Waals surface area contributed by atoms with Crippen LogP contribution in [0.2, 0.25) is 0 Å². The SMILES string of the molecule is C1=CN(c2ccccc2)c2ccccc2SC1.CCC1(CC)CC=c2ccc3c(c2C1)CC=c1ccccc1=3. The fraction of sp³-hybridized carbons (Fsp3) is 0.243. The quantitative estimate of drug-likeness (QED) is 0.264. The van der Waals surface area contributed by atoms with Crippen LogP contribution in [0.1, 0.15) is 44.2 Å². The van der Waals surface area contributed by atoms with Crippen molar-refractivity contribution in [2.24, 2.45) is 5.41 Å². The molecule has 39 heavy (non-hydrogen) atoms. The normalized spacial score (nSPS) is 16.1. The maximum Gasteiger partial charge on any atom is 0.0591 e. The first-order valence-corrected chi connectivity index (χ1v) is 15.3. The number of benzene rings is 4. The highest BCUT2D eigenvalue weighted by Gasteiger charge is 2.29. The molecule has 196 valence electrons. The number of hydrogen-bond acceptors (Lipinski definition) is 2. The first kappa shape index (κ1) is 25.8. The molecule has 0 saturated heterocycles. The Hall–Kier alpha value is -3.49. The molecule has 4 aromatic carbocycles. The number of anilines is 2. The number of nitrogens with zero attached hydrogens (tertiary/aromatic N) is 1. The van der Waals surface area contributed by atoms with Crippen LogP contribution in [0.3, 0.4) is 0 Å². The lowest BCUT2D eigenvalue weighted by atomic mass is 9.70. The summed E-state index contributed by atoms with van der Waals surface area (Å²) in [6.07, 6.45) is 15.4. The molecular weight excluding hydrogens is 490 g/mol. The van der Waals surface area contributed by atoms with Crippen molar-refractivity contribution in [2.45, 2.75) is 50.8 Å². The molecule has 0 spiro atoms. The number of para-hydroxylation sites is 2. The van der Waals surface area contributed by atoms with Crippen LogP contribution in [0.25, 0.3) is 12.2 Å². The Morgan fingerprint density at radius 2 is 1.49 bits per heavy atom. The Morgan fingerprint density at radius 3 is 2.33 bits per heavy atom. The van der Waals surface area contributed by atoms with Crippen LogP contribution in [0, 0.1) is 15.9 Å². The molecule has 2 heteroatoms. The zero-order chi connectivity index (χ0) is 26.7. The molecule has 0 bridgehead atoms. The van der Waals surface area contributed by atoms with Crippen LogP contribution in [0.15, 0.2) is 108 Å². The van der Waals surface area contributed by atoms with Gasteiger partial charge in [-0.3, -0.25) is 0 Å². The van der Waals surface area contributed by atoms with Crippen molar-refractivity contribution < 1.29 is 0 Å². The molecule has 2 aliphatic carbocycles. The summed E-state index contributed by atoms with van der Waals surface area (Å²) in [6, 6.07) is 32.5. The predicted molar refractivity (Wildman–Crippen MR) is 169 cm³/mol. The standard InChI is InChI=1S/C22H24.C15H13NS/c1-3-22(4-2)14-13-17-10-11-19-18-8-6-5-7-16(18)9-12-20(19)21(17)15-22;1-2-7-13(8-3-1)16-11-6-12-17-15-10-5-4-9-14(15)16/h5-11,13H,3-4,12,14-15H2,1-2H3;1-11H,12H2. The van der Waals surface area contributed by atoms with E-state index in [2.05, 4.69) is 128 Å². The molecule has 0 fully saturated rings. The van der Waals surface area contributed by atoms with Gasteiger partial charge in [-0.2, -0.15) is 0 Å². The van der Waals surface area contributed by atoms with E-state index < -0.39 is 0 Å². The van der Waals surface area contributed by atoms with Gasteiger partial charge < -0.3 is 4.90 Å². The van der Waals surface area contributed by atoms with Crippen LogP contribution >= 0.6 is 11.8 Å². The number of rotatable bonds is 3. The van der Waals surface area contributed by atoms with Crippen molar-refractivity contribution in [3.8, 4) is 0 Å². The molecule has 1 heterocycles. The van der Waals surface area contributed by atoms with Crippen molar-refractivity contribution >= 4 is 35.3 Å². The highest BCUT2D eigenvalue weighted by atomic mass is 32.2. The van der Waals surface area contributed by atoms with E-state index >= 15 is 0 Å². The lowest BCUT2D eigenvalue weighted by molar-refractivity contribution is 0.264. The third kappa shape index (κ3) is 5.11. The molecule has 0 aromatic heterocycles. The molecular formula is C37H37NS. The van der Waals surface area contributed by atoms with Crippen LogP contribution in [0.4, 0.5) is 11.4 Å². The molecule has 1 aliphatic heterocycles. The highest BCUT2D eigenvalue weighted by Crippen LogP contribution is 2.38. The number of hydrogen-bond donors (Lipinski definition) is 0. The average Bonchev–Trinajstić information content (AvgIpc) is 3.24. The van der Waals surface area contributed by atoms with Gasteiger partial charge in [0, 0.05) is 22.5 Å².